The van der Waals surface area contributed by atoms with Gasteiger partial charge in [-0.1, -0.05) is 154 Å². The molecule has 0 bridgehead atoms. The van der Waals surface area contributed by atoms with E-state index in [1.807, 2.05) is 6.08 Å². The molecule has 0 aliphatic heterocycles. The molecule has 1 unspecified atom stereocenters. The molecular weight excluding hydrogens is 709 g/mol. The molecule has 0 amide bonds. The van der Waals surface area contributed by atoms with E-state index in [4.69, 9.17) is 24.8 Å². The fourth-order valence-electron chi connectivity index (χ4n) is 5.78. The van der Waals surface area contributed by atoms with Crippen molar-refractivity contribution < 1.29 is 47.5 Å². The predicted octanol–water partition coefficient (Wildman–Crippen LogP) is 11.1. The molecule has 0 radical (unpaired) electrons. The van der Waals surface area contributed by atoms with Gasteiger partial charge in [-0.05, 0) is 51.4 Å². The summed E-state index contributed by atoms with van der Waals surface area (Å²) in [5.74, 6) is -2.45. The maximum absolute atomic E-state index is 12.6. The number of hydrogen-bond donors (Lipinski definition) is 3. The average Bonchev–Trinajstić information content (AvgIpc) is 3.14. The number of esters is 2. The van der Waals surface area contributed by atoms with Gasteiger partial charge in [0.15, 0.2) is 6.10 Å². The third kappa shape index (κ3) is 36.9. The Balaban J connectivity index is 4.43. The van der Waals surface area contributed by atoms with Crippen LogP contribution in [0.5, 0.6) is 0 Å². The zero-order valence-corrected chi connectivity index (χ0v) is 35.0. The van der Waals surface area contributed by atoms with Gasteiger partial charge < -0.3 is 25.2 Å². The number of carboxylic acids is 1. The third-order valence-corrected chi connectivity index (χ3v) is 10.1. The van der Waals surface area contributed by atoms with Crippen LogP contribution in [0.25, 0.3) is 0 Å². The summed E-state index contributed by atoms with van der Waals surface area (Å²) >= 11 is 0. The number of allylic oxidation sites excluding steroid dienone is 4. The molecule has 0 saturated carbocycles. The van der Waals surface area contributed by atoms with Crippen LogP contribution in [0.4, 0.5) is 0 Å². The number of carboxylic acid groups (broad SMARTS) is 1. The number of phosphoric acid groups is 1. The standard InChI is InChI=1S/C42H78NO10P/c1-3-5-7-9-11-13-15-17-19-21-23-25-27-29-31-33-40(44)50-35-38(36-51-54(48,49)52-37-39(43)42(46)47)53-41(45)34-32-30-28-26-24-22-20-18-16-14-12-10-8-6-4-2/h22,24,27,29,38-39H,3-21,23,25-26,28,30-37,43H2,1-2H3,(H,46,47)(H,48,49)/b24-22+,29-27+/t38-,39+/m1/s1. The van der Waals surface area contributed by atoms with Crippen LogP contribution >= 0.6 is 7.82 Å². The second kappa shape index (κ2) is 37.9. The summed E-state index contributed by atoms with van der Waals surface area (Å²) in [6.07, 6.45) is 38.3. The molecular formula is C42H78NO10P. The minimum atomic E-state index is -4.72. The van der Waals surface area contributed by atoms with Crippen molar-refractivity contribution in [1.29, 1.82) is 0 Å². The Kier molecular flexibility index (Phi) is 36.4. The van der Waals surface area contributed by atoms with Crippen LogP contribution in [0.1, 0.15) is 194 Å². The second-order valence-electron chi connectivity index (χ2n) is 14.5. The quantitative estimate of drug-likeness (QED) is 0.0233. The van der Waals surface area contributed by atoms with Crippen LogP contribution in [0.15, 0.2) is 24.3 Å². The topological polar surface area (TPSA) is 172 Å². The molecule has 4 N–H and O–H groups in total. The number of nitrogens with two attached hydrogens (primary N) is 1. The summed E-state index contributed by atoms with van der Waals surface area (Å²) in [6.45, 7) is 2.75. The van der Waals surface area contributed by atoms with Crippen molar-refractivity contribution in [2.75, 3.05) is 19.8 Å². The van der Waals surface area contributed by atoms with Crippen molar-refractivity contribution in [3.8, 4) is 0 Å². The summed E-state index contributed by atoms with van der Waals surface area (Å²) in [7, 11) is -4.72. The highest BCUT2D eigenvalue weighted by Gasteiger charge is 2.28. The van der Waals surface area contributed by atoms with Gasteiger partial charge in [0.2, 0.25) is 0 Å². The van der Waals surface area contributed by atoms with Gasteiger partial charge in [-0.3, -0.25) is 23.4 Å². The minimum absolute atomic E-state index is 0.136. The largest absolute Gasteiger partial charge is 0.480 e. The number of carbonyl (C=O) groups excluding carboxylic acids is 2. The first-order valence-corrected chi connectivity index (χ1v) is 22.9. The Morgan fingerprint density at radius 3 is 1.43 bits per heavy atom. The van der Waals surface area contributed by atoms with Crippen LogP contribution in [0.3, 0.4) is 0 Å². The first kappa shape index (κ1) is 52.0. The van der Waals surface area contributed by atoms with Gasteiger partial charge in [0.1, 0.15) is 12.6 Å². The monoisotopic (exact) mass is 788 g/mol. The zero-order valence-electron chi connectivity index (χ0n) is 34.1. The summed E-state index contributed by atoms with van der Waals surface area (Å²) in [5, 5.41) is 8.88. The van der Waals surface area contributed by atoms with E-state index in [2.05, 4.69) is 36.6 Å². The lowest BCUT2D eigenvalue weighted by atomic mass is 10.1. The van der Waals surface area contributed by atoms with Crippen molar-refractivity contribution in [2.45, 2.75) is 206 Å². The third-order valence-electron chi connectivity index (χ3n) is 9.19. The van der Waals surface area contributed by atoms with E-state index in [1.165, 1.54) is 116 Å². The normalized spacial score (nSPS) is 14.0. The molecule has 54 heavy (non-hydrogen) atoms. The first-order chi connectivity index (χ1) is 26.1. The zero-order chi connectivity index (χ0) is 40.0. The lowest BCUT2D eigenvalue weighted by Crippen LogP contribution is -2.34. The van der Waals surface area contributed by atoms with Gasteiger partial charge in [-0.15, -0.1) is 0 Å². The van der Waals surface area contributed by atoms with E-state index in [0.29, 0.717) is 12.8 Å². The lowest BCUT2D eigenvalue weighted by molar-refractivity contribution is -0.161. The van der Waals surface area contributed by atoms with Crippen LogP contribution < -0.4 is 5.73 Å². The molecule has 0 spiro atoms. The lowest BCUT2D eigenvalue weighted by Gasteiger charge is -2.20. The Bertz CT molecular complexity index is 1020. The molecule has 0 aliphatic carbocycles. The molecule has 11 nitrogen and oxygen atoms in total. The summed E-state index contributed by atoms with van der Waals surface area (Å²) in [4.78, 5) is 45.8. The average molecular weight is 788 g/mol. The van der Waals surface area contributed by atoms with Crippen LogP contribution in [0, 0.1) is 0 Å². The predicted molar refractivity (Wildman–Crippen MR) is 217 cm³/mol. The van der Waals surface area contributed by atoms with E-state index < -0.39 is 51.1 Å². The fourth-order valence-corrected chi connectivity index (χ4v) is 6.56. The molecule has 0 saturated heterocycles. The van der Waals surface area contributed by atoms with E-state index in [9.17, 15) is 23.8 Å². The summed E-state index contributed by atoms with van der Waals surface area (Å²) in [5.41, 5.74) is 5.32. The highest BCUT2D eigenvalue weighted by molar-refractivity contribution is 7.47. The van der Waals surface area contributed by atoms with Crippen LogP contribution in [-0.4, -0.2) is 59.9 Å². The van der Waals surface area contributed by atoms with Gasteiger partial charge in [0, 0.05) is 12.8 Å². The number of unbranched alkanes of at least 4 members (excludes halogenated alkanes) is 22. The number of ether oxygens (including phenoxy) is 2. The molecule has 0 aromatic carbocycles. The van der Waals surface area contributed by atoms with E-state index >= 15 is 0 Å². The van der Waals surface area contributed by atoms with Crippen LogP contribution in [-0.2, 0) is 37.5 Å². The highest BCUT2D eigenvalue weighted by atomic mass is 31.2. The van der Waals surface area contributed by atoms with E-state index in [-0.39, 0.29) is 19.4 Å². The molecule has 0 fully saturated rings. The Labute approximate surface area is 328 Å². The Morgan fingerprint density at radius 1 is 0.556 bits per heavy atom. The van der Waals surface area contributed by atoms with E-state index in [1.54, 1.807) is 0 Å². The maximum atomic E-state index is 12.6. The summed E-state index contributed by atoms with van der Waals surface area (Å²) in [6, 6.07) is -1.53. The van der Waals surface area contributed by atoms with Crippen molar-refractivity contribution in [1.82, 2.24) is 0 Å². The van der Waals surface area contributed by atoms with Crippen molar-refractivity contribution in [2.24, 2.45) is 5.73 Å². The number of carbonyl (C=O) groups is 3. The first-order valence-electron chi connectivity index (χ1n) is 21.4. The second-order valence-corrected chi connectivity index (χ2v) is 15.9. The highest BCUT2D eigenvalue weighted by Crippen LogP contribution is 2.43. The molecule has 0 aliphatic rings. The van der Waals surface area contributed by atoms with Crippen molar-refractivity contribution in [3.63, 3.8) is 0 Å². The van der Waals surface area contributed by atoms with Crippen LogP contribution in [0.2, 0.25) is 0 Å². The Morgan fingerprint density at radius 2 is 0.963 bits per heavy atom. The minimum Gasteiger partial charge on any atom is -0.480 e. The van der Waals surface area contributed by atoms with Gasteiger partial charge in [0.25, 0.3) is 0 Å². The molecule has 316 valence electrons. The van der Waals surface area contributed by atoms with E-state index in [0.717, 1.165) is 38.5 Å². The van der Waals surface area contributed by atoms with Gasteiger partial charge in [-0.2, -0.15) is 0 Å². The number of rotatable bonds is 40. The van der Waals surface area contributed by atoms with Crippen molar-refractivity contribution in [3.05, 3.63) is 24.3 Å². The summed E-state index contributed by atoms with van der Waals surface area (Å²) < 4.78 is 32.6. The molecule has 0 aromatic rings. The number of phosphoric ester groups is 1. The molecule has 0 aromatic heterocycles. The Hall–Kier alpha value is -2.04. The SMILES string of the molecule is CCCCCCCCCC/C=C/CCCCCC(=O)O[C@H](COC(=O)CC/C=C/CCCCCCCCCCCCC)COP(=O)(O)OC[C@H](N)C(=O)O. The smallest absolute Gasteiger partial charge is 0.472 e. The van der Waals surface area contributed by atoms with Gasteiger partial charge in [0.05, 0.1) is 13.2 Å². The molecule has 12 heteroatoms. The molecule has 0 heterocycles. The van der Waals surface area contributed by atoms with Crippen molar-refractivity contribution >= 4 is 25.7 Å². The number of aliphatic carboxylic acids is 1. The maximum Gasteiger partial charge on any atom is 0.472 e. The molecule has 3 atom stereocenters. The molecule has 0 rings (SSSR count). The van der Waals surface area contributed by atoms with Gasteiger partial charge >= 0.3 is 25.7 Å². The van der Waals surface area contributed by atoms with Gasteiger partial charge in [-0.25, -0.2) is 4.57 Å². The number of hydrogen-bond acceptors (Lipinski definition) is 9. The fraction of sp³-hybridized carbons (Fsp3) is 0.833.